The quantitative estimate of drug-likeness (QED) is 0.736. The van der Waals surface area contributed by atoms with Gasteiger partial charge in [-0.2, -0.15) is 0 Å². The number of anilines is 1. The third-order valence-corrected chi connectivity index (χ3v) is 3.13. The summed E-state index contributed by atoms with van der Waals surface area (Å²) >= 11 is 0. The second kappa shape index (κ2) is 7.33. The molecule has 6 heteroatoms. The molecule has 1 aromatic heterocycles. The molecule has 0 saturated heterocycles. The van der Waals surface area contributed by atoms with Crippen LogP contribution in [-0.2, 0) is 22.7 Å². The Balaban J connectivity index is 1.91. The Hall–Kier alpha value is -2.73. The van der Waals surface area contributed by atoms with Crippen LogP contribution in [0.2, 0.25) is 0 Å². The van der Waals surface area contributed by atoms with Gasteiger partial charge in [0.2, 0.25) is 0 Å². The minimum atomic E-state index is -0.739. The van der Waals surface area contributed by atoms with E-state index in [2.05, 4.69) is 15.6 Å². The average molecular weight is 298 g/mol. The number of nitrogens with zero attached hydrogens (tertiary/aromatic N) is 1. The number of amides is 2. The van der Waals surface area contributed by atoms with E-state index in [4.69, 9.17) is 5.73 Å². The van der Waals surface area contributed by atoms with Gasteiger partial charge >= 0.3 is 11.8 Å². The van der Waals surface area contributed by atoms with Crippen LogP contribution in [0, 0.1) is 6.92 Å². The monoisotopic (exact) mass is 298 g/mol. The number of carbonyl (C=O) groups excluding carboxylic acids is 2. The van der Waals surface area contributed by atoms with Crippen molar-refractivity contribution in [2.45, 2.75) is 20.0 Å². The van der Waals surface area contributed by atoms with Gasteiger partial charge in [0.25, 0.3) is 0 Å². The van der Waals surface area contributed by atoms with Crippen molar-refractivity contribution >= 4 is 17.6 Å². The Morgan fingerprint density at radius 2 is 1.91 bits per heavy atom. The number of hydrogen-bond donors (Lipinski definition) is 3. The molecular formula is C16H18N4O2. The third-order valence-electron chi connectivity index (χ3n) is 3.13. The lowest BCUT2D eigenvalue weighted by Gasteiger charge is -2.08. The number of aromatic nitrogens is 1. The van der Waals surface area contributed by atoms with Crippen molar-refractivity contribution < 1.29 is 9.59 Å². The number of pyridine rings is 1. The van der Waals surface area contributed by atoms with E-state index in [0.717, 1.165) is 16.7 Å². The Morgan fingerprint density at radius 1 is 1.14 bits per heavy atom. The minimum Gasteiger partial charge on any atom is -0.344 e. The molecule has 1 aromatic carbocycles. The Labute approximate surface area is 128 Å². The molecule has 0 aliphatic carbocycles. The molecule has 2 aromatic rings. The molecular weight excluding hydrogens is 280 g/mol. The first-order chi connectivity index (χ1) is 10.6. The molecule has 0 radical (unpaired) electrons. The average Bonchev–Trinajstić information content (AvgIpc) is 2.54. The first-order valence-corrected chi connectivity index (χ1v) is 6.89. The molecule has 0 aliphatic heterocycles. The van der Waals surface area contributed by atoms with Crippen LogP contribution in [0.5, 0.6) is 0 Å². The summed E-state index contributed by atoms with van der Waals surface area (Å²) in [4.78, 5) is 27.7. The van der Waals surface area contributed by atoms with Crippen LogP contribution in [0.3, 0.4) is 0 Å². The van der Waals surface area contributed by atoms with Gasteiger partial charge in [-0.05, 0) is 29.7 Å². The molecule has 0 bridgehead atoms. The Bertz CT molecular complexity index is 685. The van der Waals surface area contributed by atoms with Crippen LogP contribution in [0.1, 0.15) is 16.7 Å². The number of nitrogens with two attached hydrogens (primary N) is 1. The van der Waals surface area contributed by atoms with Gasteiger partial charge in [0.15, 0.2) is 0 Å². The summed E-state index contributed by atoms with van der Waals surface area (Å²) in [5, 5.41) is 5.06. The van der Waals surface area contributed by atoms with E-state index in [1.165, 1.54) is 0 Å². The van der Waals surface area contributed by atoms with Crippen LogP contribution in [-0.4, -0.2) is 16.8 Å². The lowest BCUT2D eigenvalue weighted by Crippen LogP contribution is -2.35. The molecule has 22 heavy (non-hydrogen) atoms. The first kappa shape index (κ1) is 15.7. The molecule has 6 nitrogen and oxygen atoms in total. The van der Waals surface area contributed by atoms with Crippen molar-refractivity contribution in [1.29, 1.82) is 0 Å². The van der Waals surface area contributed by atoms with E-state index in [1.807, 2.05) is 24.3 Å². The van der Waals surface area contributed by atoms with Gasteiger partial charge in [-0.15, -0.1) is 0 Å². The molecule has 0 spiro atoms. The Kier molecular flexibility index (Phi) is 5.21. The minimum absolute atomic E-state index is 0.265. The Morgan fingerprint density at radius 3 is 2.64 bits per heavy atom. The highest BCUT2D eigenvalue weighted by molar-refractivity contribution is 6.39. The summed E-state index contributed by atoms with van der Waals surface area (Å²) in [5.41, 5.74) is 8.22. The predicted octanol–water partition coefficient (Wildman–Crippen LogP) is 1.10. The van der Waals surface area contributed by atoms with Crippen molar-refractivity contribution in [3.8, 4) is 0 Å². The van der Waals surface area contributed by atoms with Gasteiger partial charge in [-0.3, -0.25) is 9.59 Å². The SMILES string of the molecule is Cc1cccnc1NC(=O)C(=O)NCc1cccc(CN)c1. The second-order valence-electron chi connectivity index (χ2n) is 4.83. The fraction of sp³-hybridized carbons (Fsp3) is 0.188. The summed E-state index contributed by atoms with van der Waals surface area (Å²) < 4.78 is 0. The molecule has 0 fully saturated rings. The molecule has 0 aliphatic rings. The zero-order valence-electron chi connectivity index (χ0n) is 12.3. The molecule has 114 valence electrons. The van der Waals surface area contributed by atoms with Crippen molar-refractivity contribution in [3.63, 3.8) is 0 Å². The second-order valence-corrected chi connectivity index (χ2v) is 4.83. The fourth-order valence-corrected chi connectivity index (χ4v) is 1.91. The number of rotatable bonds is 4. The van der Waals surface area contributed by atoms with Crippen molar-refractivity contribution in [2.75, 3.05) is 5.32 Å². The van der Waals surface area contributed by atoms with Gasteiger partial charge in [0.1, 0.15) is 5.82 Å². The fourth-order valence-electron chi connectivity index (χ4n) is 1.91. The summed E-state index contributed by atoms with van der Waals surface area (Å²) in [6, 6.07) is 11.1. The summed E-state index contributed by atoms with van der Waals surface area (Å²) in [7, 11) is 0. The van der Waals surface area contributed by atoms with Crippen molar-refractivity contribution in [3.05, 3.63) is 59.3 Å². The molecule has 4 N–H and O–H groups in total. The molecule has 0 unspecified atom stereocenters. The lowest BCUT2D eigenvalue weighted by atomic mass is 10.1. The number of carbonyl (C=O) groups is 2. The van der Waals surface area contributed by atoms with Crippen molar-refractivity contribution in [2.24, 2.45) is 5.73 Å². The number of nitrogens with one attached hydrogen (secondary N) is 2. The van der Waals surface area contributed by atoms with Gasteiger partial charge in [-0.25, -0.2) is 4.98 Å². The lowest BCUT2D eigenvalue weighted by molar-refractivity contribution is -0.136. The number of aryl methyl sites for hydroxylation is 1. The maximum atomic E-state index is 11.8. The van der Waals surface area contributed by atoms with Gasteiger partial charge in [0.05, 0.1) is 0 Å². The molecule has 2 amide bonds. The van der Waals surface area contributed by atoms with Crippen LogP contribution in [0.25, 0.3) is 0 Å². The highest BCUT2D eigenvalue weighted by Crippen LogP contribution is 2.09. The maximum absolute atomic E-state index is 11.8. The van der Waals surface area contributed by atoms with E-state index in [0.29, 0.717) is 12.4 Å². The van der Waals surface area contributed by atoms with E-state index in [1.54, 1.807) is 25.3 Å². The van der Waals surface area contributed by atoms with Crippen molar-refractivity contribution in [1.82, 2.24) is 10.3 Å². The van der Waals surface area contributed by atoms with E-state index in [-0.39, 0.29) is 6.54 Å². The summed E-state index contributed by atoms with van der Waals surface area (Å²) in [5.74, 6) is -1.06. The zero-order valence-corrected chi connectivity index (χ0v) is 12.3. The summed E-state index contributed by atoms with van der Waals surface area (Å²) in [6.45, 7) is 2.50. The van der Waals surface area contributed by atoms with E-state index >= 15 is 0 Å². The highest BCUT2D eigenvalue weighted by atomic mass is 16.2. The molecule has 1 heterocycles. The third kappa shape index (κ3) is 4.13. The first-order valence-electron chi connectivity index (χ1n) is 6.89. The predicted molar refractivity (Wildman–Crippen MR) is 83.8 cm³/mol. The highest BCUT2D eigenvalue weighted by Gasteiger charge is 2.14. The normalized spacial score (nSPS) is 10.1. The zero-order chi connectivity index (χ0) is 15.9. The van der Waals surface area contributed by atoms with Crippen LogP contribution >= 0.6 is 0 Å². The summed E-state index contributed by atoms with van der Waals surface area (Å²) in [6.07, 6.45) is 1.55. The largest absolute Gasteiger partial charge is 0.344 e. The molecule has 2 rings (SSSR count). The number of hydrogen-bond acceptors (Lipinski definition) is 4. The smallest absolute Gasteiger partial charge is 0.314 e. The van der Waals surface area contributed by atoms with E-state index < -0.39 is 11.8 Å². The van der Waals surface area contributed by atoms with E-state index in [9.17, 15) is 9.59 Å². The van der Waals surface area contributed by atoms with Crippen LogP contribution < -0.4 is 16.4 Å². The molecule has 0 atom stereocenters. The topological polar surface area (TPSA) is 97.1 Å². The van der Waals surface area contributed by atoms with Gasteiger partial charge in [0, 0.05) is 19.3 Å². The van der Waals surface area contributed by atoms with Gasteiger partial charge in [-0.1, -0.05) is 30.3 Å². The number of benzene rings is 1. The van der Waals surface area contributed by atoms with Gasteiger partial charge < -0.3 is 16.4 Å². The standard InChI is InChI=1S/C16H18N4O2/c1-11-4-3-7-18-14(11)20-16(22)15(21)19-10-13-6-2-5-12(8-13)9-17/h2-8H,9-10,17H2,1H3,(H,19,21)(H,18,20,22). The maximum Gasteiger partial charge on any atom is 0.314 e. The van der Waals surface area contributed by atoms with Crippen LogP contribution in [0.4, 0.5) is 5.82 Å². The molecule has 0 saturated carbocycles. The van der Waals surface area contributed by atoms with Crippen LogP contribution in [0.15, 0.2) is 42.6 Å².